The third-order valence-electron chi connectivity index (χ3n) is 4.44. The van der Waals surface area contributed by atoms with E-state index in [-0.39, 0.29) is 0 Å². The van der Waals surface area contributed by atoms with Gasteiger partial charge in [0.05, 0.1) is 0 Å². The van der Waals surface area contributed by atoms with Gasteiger partial charge in [-0.2, -0.15) is 0 Å². The Morgan fingerprint density at radius 1 is 0.500 bits per heavy atom. The van der Waals surface area contributed by atoms with Crippen molar-refractivity contribution < 1.29 is 0 Å². The van der Waals surface area contributed by atoms with Crippen molar-refractivity contribution in [3.8, 4) is 0 Å². The molecule has 3 heteroatoms. The highest BCUT2D eigenvalue weighted by Crippen LogP contribution is 2.21. The number of thiocarbonyl (C=S) groups is 1. The lowest BCUT2D eigenvalue weighted by atomic mass is 10.1. The van der Waals surface area contributed by atoms with E-state index in [9.17, 15) is 0 Å². The normalized spacial score (nSPS) is 11.1. The van der Waals surface area contributed by atoms with Gasteiger partial charge >= 0.3 is 0 Å². The van der Waals surface area contributed by atoms with Crippen LogP contribution in [0.1, 0.15) is 117 Å². The van der Waals surface area contributed by atoms with Crippen LogP contribution in [0.3, 0.4) is 0 Å². The minimum absolute atomic E-state index is 1.18. The molecule has 0 amide bonds. The Kier molecular flexibility index (Phi) is 22.6. The summed E-state index contributed by atoms with van der Waals surface area (Å²) in [6.45, 7) is 4.57. The monoisotopic (exact) mass is 390 g/mol. The first-order chi connectivity index (χ1) is 11.8. The van der Waals surface area contributed by atoms with E-state index in [0.717, 1.165) is 0 Å². The molecular weight excluding hydrogens is 348 g/mol. The summed E-state index contributed by atoms with van der Waals surface area (Å²) in [6.07, 6.45) is 22.5. The van der Waals surface area contributed by atoms with Gasteiger partial charge in [-0.05, 0) is 24.3 Å². The summed E-state index contributed by atoms with van der Waals surface area (Å²) in [5, 5.41) is 0. The Morgan fingerprint density at radius 3 is 1.12 bits per heavy atom. The molecule has 0 atom stereocenters. The van der Waals surface area contributed by atoms with E-state index in [1.54, 1.807) is 0 Å². The van der Waals surface area contributed by atoms with Crippen LogP contribution in [0.5, 0.6) is 0 Å². The molecule has 0 aliphatic carbocycles. The first kappa shape index (κ1) is 24.8. The standard InChI is InChI=1S/C21H42S3/c1-3-5-7-9-11-13-15-17-19-23-21(22)24-20-18-16-14-12-10-8-6-4-2/h3-20H2,1-2H3. The van der Waals surface area contributed by atoms with Gasteiger partial charge in [0.25, 0.3) is 0 Å². The SMILES string of the molecule is CCCCCCCCCCSC(=S)SCCCCCCCCCC. The molecule has 0 nitrogen and oxygen atoms in total. The molecule has 0 saturated carbocycles. The van der Waals surface area contributed by atoms with Crippen molar-refractivity contribution in [1.29, 1.82) is 0 Å². The molecule has 0 aromatic heterocycles. The predicted octanol–water partition coefficient (Wildman–Crippen LogP) is 9.02. The van der Waals surface area contributed by atoms with Crippen LogP contribution in [0.4, 0.5) is 0 Å². The van der Waals surface area contributed by atoms with E-state index in [0.29, 0.717) is 0 Å². The second kappa shape index (κ2) is 21.8. The van der Waals surface area contributed by atoms with E-state index in [2.05, 4.69) is 13.8 Å². The summed E-state index contributed by atoms with van der Waals surface area (Å²) < 4.78 is 1.18. The third-order valence-corrected chi connectivity index (χ3v) is 7.31. The van der Waals surface area contributed by atoms with E-state index in [4.69, 9.17) is 12.2 Å². The molecule has 0 bridgehead atoms. The van der Waals surface area contributed by atoms with Gasteiger partial charge in [0.2, 0.25) is 0 Å². The molecular formula is C21H42S3. The lowest BCUT2D eigenvalue weighted by Crippen LogP contribution is -1.89. The quantitative estimate of drug-likeness (QED) is 0.169. The smallest absolute Gasteiger partial charge is 0.104 e. The maximum absolute atomic E-state index is 5.48. The van der Waals surface area contributed by atoms with E-state index in [1.807, 2.05) is 23.5 Å². The average Bonchev–Trinajstić information content (AvgIpc) is 2.59. The zero-order valence-electron chi connectivity index (χ0n) is 16.5. The Morgan fingerprint density at radius 2 is 0.792 bits per heavy atom. The van der Waals surface area contributed by atoms with Gasteiger partial charge in [-0.15, -0.1) is 23.5 Å². The average molecular weight is 391 g/mol. The first-order valence-electron chi connectivity index (χ1n) is 10.6. The summed E-state index contributed by atoms with van der Waals surface area (Å²) in [7, 11) is 0. The molecule has 0 rings (SSSR count). The lowest BCUT2D eigenvalue weighted by Gasteiger charge is -2.04. The number of thioether (sulfide) groups is 2. The minimum atomic E-state index is 1.18. The summed E-state index contributed by atoms with van der Waals surface area (Å²) in [4.78, 5) is 0. The molecule has 0 spiro atoms. The van der Waals surface area contributed by atoms with Crippen molar-refractivity contribution >= 4 is 39.3 Å². The topological polar surface area (TPSA) is 0 Å². The van der Waals surface area contributed by atoms with Crippen molar-refractivity contribution in [2.24, 2.45) is 0 Å². The summed E-state index contributed by atoms with van der Waals surface area (Å²) in [5.41, 5.74) is 0. The van der Waals surface area contributed by atoms with Crippen molar-refractivity contribution in [3.05, 3.63) is 0 Å². The maximum atomic E-state index is 5.48. The van der Waals surface area contributed by atoms with Gasteiger partial charge in [0.1, 0.15) is 3.53 Å². The molecule has 0 unspecified atom stereocenters. The van der Waals surface area contributed by atoms with Gasteiger partial charge in [-0.1, -0.05) is 116 Å². The van der Waals surface area contributed by atoms with Crippen LogP contribution in [-0.2, 0) is 0 Å². The fourth-order valence-corrected chi connectivity index (χ4v) is 5.19. The summed E-state index contributed by atoms with van der Waals surface area (Å²) >= 11 is 9.32. The molecule has 0 fully saturated rings. The molecule has 0 N–H and O–H groups in total. The molecule has 24 heavy (non-hydrogen) atoms. The highest BCUT2D eigenvalue weighted by atomic mass is 32.2. The second-order valence-electron chi connectivity index (χ2n) is 6.90. The summed E-state index contributed by atoms with van der Waals surface area (Å²) in [6, 6.07) is 0. The summed E-state index contributed by atoms with van der Waals surface area (Å²) in [5.74, 6) is 2.47. The highest BCUT2D eigenvalue weighted by molar-refractivity contribution is 8.47. The molecule has 0 aromatic rings. The zero-order chi connectivity index (χ0) is 17.7. The van der Waals surface area contributed by atoms with Gasteiger partial charge in [0, 0.05) is 0 Å². The van der Waals surface area contributed by atoms with Crippen molar-refractivity contribution in [3.63, 3.8) is 0 Å². The van der Waals surface area contributed by atoms with Crippen molar-refractivity contribution in [2.75, 3.05) is 11.5 Å². The fourth-order valence-electron chi connectivity index (χ4n) is 2.82. The van der Waals surface area contributed by atoms with Crippen LogP contribution < -0.4 is 0 Å². The third kappa shape index (κ3) is 20.8. The molecule has 0 aromatic carbocycles. The zero-order valence-corrected chi connectivity index (χ0v) is 18.9. The van der Waals surface area contributed by atoms with Gasteiger partial charge < -0.3 is 0 Å². The largest absolute Gasteiger partial charge is 0.108 e. The van der Waals surface area contributed by atoms with E-state index >= 15 is 0 Å². The molecule has 144 valence electrons. The molecule has 0 radical (unpaired) electrons. The minimum Gasteiger partial charge on any atom is -0.108 e. The van der Waals surface area contributed by atoms with Crippen LogP contribution >= 0.6 is 35.7 Å². The van der Waals surface area contributed by atoms with Crippen LogP contribution in [-0.4, -0.2) is 15.0 Å². The van der Waals surface area contributed by atoms with E-state index in [1.165, 1.54) is 118 Å². The second-order valence-corrected chi connectivity index (χ2v) is 10.3. The molecule has 0 aliphatic heterocycles. The Hall–Kier alpha value is 0.790. The fraction of sp³-hybridized carbons (Fsp3) is 0.952. The Labute approximate surface area is 167 Å². The number of hydrogen-bond acceptors (Lipinski definition) is 3. The molecule has 0 saturated heterocycles. The number of rotatable bonds is 18. The van der Waals surface area contributed by atoms with Crippen LogP contribution in [0.15, 0.2) is 0 Å². The predicted molar refractivity (Wildman–Crippen MR) is 123 cm³/mol. The van der Waals surface area contributed by atoms with Gasteiger partial charge in [0.15, 0.2) is 0 Å². The number of hydrogen-bond donors (Lipinski definition) is 0. The highest BCUT2D eigenvalue weighted by Gasteiger charge is 2.00. The van der Waals surface area contributed by atoms with Crippen LogP contribution in [0.25, 0.3) is 0 Å². The Balaban J connectivity index is 3.13. The van der Waals surface area contributed by atoms with E-state index < -0.39 is 0 Å². The molecule has 0 heterocycles. The maximum Gasteiger partial charge on any atom is 0.104 e. The first-order valence-corrected chi connectivity index (χ1v) is 13.0. The molecule has 0 aliphatic rings. The van der Waals surface area contributed by atoms with Crippen molar-refractivity contribution in [1.82, 2.24) is 0 Å². The Bertz CT molecular complexity index is 229. The van der Waals surface area contributed by atoms with Crippen LogP contribution in [0, 0.1) is 0 Å². The number of unbranched alkanes of at least 4 members (excludes halogenated alkanes) is 14. The van der Waals surface area contributed by atoms with Crippen LogP contribution in [0.2, 0.25) is 0 Å². The van der Waals surface area contributed by atoms with Gasteiger partial charge in [-0.25, -0.2) is 0 Å². The van der Waals surface area contributed by atoms with Gasteiger partial charge in [-0.3, -0.25) is 0 Å². The van der Waals surface area contributed by atoms with Crippen molar-refractivity contribution in [2.45, 2.75) is 117 Å². The lowest BCUT2D eigenvalue weighted by molar-refractivity contribution is 0.586.